The van der Waals surface area contributed by atoms with E-state index in [0.29, 0.717) is 6.20 Å². The fourth-order valence-electron chi connectivity index (χ4n) is 3.56. The van der Waals surface area contributed by atoms with Gasteiger partial charge in [0, 0.05) is 0 Å². The van der Waals surface area contributed by atoms with Gasteiger partial charge in [0.2, 0.25) is 5.82 Å². The number of carbonyl (C=O) groups excluding carboxylic acids is 1. The molecule has 17 heteroatoms. The van der Waals surface area contributed by atoms with Gasteiger partial charge in [0.1, 0.15) is 24.0 Å². The summed E-state index contributed by atoms with van der Waals surface area (Å²) in [4.78, 5) is 37.3. The molecule has 0 saturated carbocycles. The molecule has 1 aromatic carbocycles. The third-order valence-electron chi connectivity index (χ3n) is 5.51. The number of hydrogen-bond acceptors (Lipinski definition) is 10. The largest absolute Gasteiger partial charge is 0.462 e. The maximum Gasteiger partial charge on any atom is 0.459 e. The van der Waals surface area contributed by atoms with Gasteiger partial charge in [-0.1, -0.05) is 18.2 Å². The maximum atomic E-state index is 14.4. The van der Waals surface area contributed by atoms with Crippen LogP contribution in [-0.4, -0.2) is 68.7 Å². The number of rotatable bonds is 11. The molecule has 1 fully saturated rings. The highest BCUT2D eigenvalue weighted by Crippen LogP contribution is 2.49. The van der Waals surface area contributed by atoms with E-state index in [1.165, 1.54) is 31.2 Å². The summed E-state index contributed by atoms with van der Waals surface area (Å²) in [6, 6.07) is 5.99. The van der Waals surface area contributed by atoms with E-state index in [9.17, 15) is 42.3 Å². The normalized spacial score (nSPS) is 25.4. The first-order valence-corrected chi connectivity index (χ1v) is 13.0. The minimum Gasteiger partial charge on any atom is -0.462 e. The van der Waals surface area contributed by atoms with Gasteiger partial charge in [-0.3, -0.25) is 23.7 Å². The van der Waals surface area contributed by atoms with Crippen molar-refractivity contribution in [2.24, 2.45) is 0 Å². The Balaban J connectivity index is 1.92. The van der Waals surface area contributed by atoms with Crippen LogP contribution < -0.4 is 20.9 Å². The van der Waals surface area contributed by atoms with Crippen LogP contribution in [0.3, 0.4) is 0 Å². The molecule has 1 aliphatic heterocycles. The molecule has 216 valence electrons. The number of benzene rings is 1. The fraction of sp³-hybridized carbons (Fsp3) is 0.500. The van der Waals surface area contributed by atoms with Crippen LogP contribution in [0.25, 0.3) is 0 Å². The maximum absolute atomic E-state index is 14.4. The molecule has 1 aromatic heterocycles. The van der Waals surface area contributed by atoms with Crippen molar-refractivity contribution in [1.82, 2.24) is 14.6 Å². The molecule has 1 saturated heterocycles. The Labute approximate surface area is 219 Å². The molecule has 3 rings (SSSR count). The first kappa shape index (κ1) is 30.5. The van der Waals surface area contributed by atoms with Crippen molar-refractivity contribution in [3.8, 4) is 5.75 Å². The summed E-state index contributed by atoms with van der Waals surface area (Å²) in [5.41, 5.74) is -5.88. The molecular formula is C22H27F3N3O10P. The summed E-state index contributed by atoms with van der Waals surface area (Å²) < 4.78 is 77.2. The summed E-state index contributed by atoms with van der Waals surface area (Å²) in [5, 5.41) is 23.2. The second-order valence-electron chi connectivity index (χ2n) is 8.85. The number of H-pyrrole nitrogens is 1. The fourth-order valence-corrected chi connectivity index (χ4v) is 5.09. The van der Waals surface area contributed by atoms with Crippen LogP contribution in [0.15, 0.2) is 46.1 Å². The molecule has 6 atom stereocenters. The highest BCUT2D eigenvalue weighted by molar-refractivity contribution is 7.52. The summed E-state index contributed by atoms with van der Waals surface area (Å²) >= 11 is 0. The number of aliphatic hydroxyl groups excluding tert-OH is 2. The summed E-state index contributed by atoms with van der Waals surface area (Å²) in [5.74, 6) is -2.43. The number of para-hydroxylation sites is 1. The average molecular weight is 581 g/mol. The number of nitrogens with zero attached hydrogens (tertiary/aromatic N) is 1. The smallest absolute Gasteiger partial charge is 0.459 e. The van der Waals surface area contributed by atoms with E-state index in [4.69, 9.17) is 18.5 Å². The topological polar surface area (TPSA) is 178 Å². The Morgan fingerprint density at radius 3 is 2.46 bits per heavy atom. The average Bonchev–Trinajstić information content (AvgIpc) is 3.11. The van der Waals surface area contributed by atoms with E-state index in [1.807, 2.05) is 0 Å². The number of alkyl halides is 2. The van der Waals surface area contributed by atoms with Crippen molar-refractivity contribution in [2.75, 3.05) is 6.61 Å². The standard InChI is InChI=1S/C22H27F3N3O10P/c1-11(2)36-19(32)12(3)27-39(34,38-13-7-5-4-6-8-13)35-10-22(20(24)25)16(30)15(29)18(37-22)28-9-14(23)17(31)26-21(28)33/h4-9,11-12,15-16,18,20,29-30H,10H2,1-3H3,(H,27,34)(H,26,31,33). The monoisotopic (exact) mass is 581 g/mol. The van der Waals surface area contributed by atoms with Gasteiger partial charge in [-0.15, -0.1) is 0 Å². The molecule has 13 nitrogen and oxygen atoms in total. The molecule has 2 aromatic rings. The number of carbonyl (C=O) groups is 1. The molecule has 4 N–H and O–H groups in total. The van der Waals surface area contributed by atoms with E-state index in [1.54, 1.807) is 24.9 Å². The zero-order valence-corrected chi connectivity index (χ0v) is 21.7. The number of aromatic amines is 1. The molecular weight excluding hydrogens is 554 g/mol. The van der Waals surface area contributed by atoms with E-state index in [0.717, 1.165) is 0 Å². The van der Waals surface area contributed by atoms with E-state index < -0.39 is 80.0 Å². The molecule has 0 bridgehead atoms. The van der Waals surface area contributed by atoms with E-state index in [-0.39, 0.29) is 10.3 Å². The third-order valence-corrected chi connectivity index (χ3v) is 7.13. The van der Waals surface area contributed by atoms with E-state index >= 15 is 0 Å². The molecule has 39 heavy (non-hydrogen) atoms. The predicted octanol–water partition coefficient (Wildman–Crippen LogP) is 1.06. The second kappa shape index (κ2) is 12.0. The Bertz CT molecular complexity index is 1320. The van der Waals surface area contributed by atoms with Crippen molar-refractivity contribution in [1.29, 1.82) is 0 Å². The number of halogens is 3. The van der Waals surface area contributed by atoms with Gasteiger partial charge in [0.15, 0.2) is 11.8 Å². The molecule has 0 aliphatic carbocycles. The zero-order valence-electron chi connectivity index (χ0n) is 20.8. The number of esters is 1. The van der Waals surface area contributed by atoms with Crippen molar-refractivity contribution in [2.45, 2.75) is 63.4 Å². The van der Waals surface area contributed by atoms with E-state index in [2.05, 4.69) is 5.09 Å². The molecule has 2 heterocycles. The van der Waals surface area contributed by atoms with Crippen molar-refractivity contribution < 1.29 is 51.3 Å². The highest BCUT2D eigenvalue weighted by Gasteiger charge is 2.61. The number of aromatic nitrogens is 2. The summed E-state index contributed by atoms with van der Waals surface area (Å²) in [6.45, 7) is 2.96. The molecule has 6 unspecified atom stereocenters. The quantitative estimate of drug-likeness (QED) is 0.220. The van der Waals surface area contributed by atoms with Gasteiger partial charge in [-0.2, -0.15) is 9.48 Å². The van der Waals surface area contributed by atoms with Crippen LogP contribution in [0.4, 0.5) is 13.2 Å². The van der Waals surface area contributed by atoms with Gasteiger partial charge >= 0.3 is 19.4 Å². The number of ether oxygens (including phenoxy) is 2. The van der Waals surface area contributed by atoms with Crippen LogP contribution >= 0.6 is 7.75 Å². The highest BCUT2D eigenvalue weighted by atomic mass is 31.2. The number of aliphatic hydroxyl groups is 2. The Morgan fingerprint density at radius 2 is 1.87 bits per heavy atom. The lowest BCUT2D eigenvalue weighted by molar-refractivity contribution is -0.193. The second-order valence-corrected chi connectivity index (χ2v) is 10.5. The first-order valence-electron chi connectivity index (χ1n) is 11.5. The lowest BCUT2D eigenvalue weighted by atomic mass is 9.96. The lowest BCUT2D eigenvalue weighted by Crippen LogP contribution is -2.53. The first-order chi connectivity index (χ1) is 18.2. The molecule has 0 spiro atoms. The van der Waals surface area contributed by atoms with Gasteiger partial charge < -0.3 is 24.2 Å². The summed E-state index contributed by atoms with van der Waals surface area (Å²) in [6.07, 6.45) is -10.7. The minimum absolute atomic E-state index is 0.0510. The Hall–Kier alpha value is -3.01. The molecule has 0 amide bonds. The lowest BCUT2D eigenvalue weighted by Gasteiger charge is -2.32. The van der Waals surface area contributed by atoms with Gasteiger partial charge in [0.25, 0.3) is 12.0 Å². The predicted molar refractivity (Wildman–Crippen MR) is 127 cm³/mol. The van der Waals surface area contributed by atoms with Crippen molar-refractivity contribution in [3.05, 3.63) is 63.2 Å². The van der Waals surface area contributed by atoms with Crippen LogP contribution in [0.2, 0.25) is 0 Å². The van der Waals surface area contributed by atoms with Gasteiger partial charge in [-0.05, 0) is 32.9 Å². The summed E-state index contributed by atoms with van der Waals surface area (Å²) in [7, 11) is -4.72. The zero-order chi connectivity index (χ0) is 29.1. The number of nitrogens with one attached hydrogen (secondary N) is 2. The van der Waals surface area contributed by atoms with Gasteiger partial charge in [0.05, 0.1) is 18.9 Å². The molecule has 0 radical (unpaired) electrons. The van der Waals surface area contributed by atoms with Crippen molar-refractivity contribution >= 4 is 13.7 Å². The van der Waals surface area contributed by atoms with Crippen LogP contribution in [0.5, 0.6) is 5.75 Å². The van der Waals surface area contributed by atoms with Crippen LogP contribution in [0, 0.1) is 5.82 Å². The van der Waals surface area contributed by atoms with Gasteiger partial charge in [-0.25, -0.2) is 18.1 Å². The Morgan fingerprint density at radius 1 is 1.23 bits per heavy atom. The van der Waals surface area contributed by atoms with Crippen LogP contribution in [-0.2, 0) is 23.4 Å². The van der Waals surface area contributed by atoms with Crippen molar-refractivity contribution in [3.63, 3.8) is 0 Å². The SMILES string of the molecule is CC(C)OC(=O)C(C)NP(=O)(OCC1(C(F)F)OC(n2cc(F)c(=O)[nH]c2=O)C(O)C1O)Oc1ccccc1. The number of hydrogen-bond donors (Lipinski definition) is 4. The van der Waals surface area contributed by atoms with Crippen LogP contribution in [0.1, 0.15) is 27.0 Å². The Kier molecular flexibility index (Phi) is 9.41. The minimum atomic E-state index is -4.72. The molecule has 1 aliphatic rings. The third kappa shape index (κ3) is 6.77.